The molecule has 320 valence electrons. The number of imide groups is 1. The first-order chi connectivity index (χ1) is 29.2. The number of nitrogens with zero attached hydrogens (tertiary/aromatic N) is 6. The zero-order valence-corrected chi connectivity index (χ0v) is 36.5. The first-order valence-electron chi connectivity index (χ1n) is 21.9. The van der Waals surface area contributed by atoms with Gasteiger partial charge in [0.1, 0.15) is 18.4 Å². The van der Waals surface area contributed by atoms with Gasteiger partial charge in [-0.05, 0) is 108 Å². The van der Waals surface area contributed by atoms with Gasteiger partial charge in [0.2, 0.25) is 17.8 Å². The Labute approximate surface area is 362 Å². The minimum atomic E-state index is -0.608. The molecule has 0 spiro atoms. The van der Waals surface area contributed by atoms with Crippen molar-refractivity contribution < 1.29 is 19.1 Å². The average Bonchev–Trinajstić information content (AvgIpc) is 3.74. The molecule has 8 rings (SSSR count). The summed E-state index contributed by atoms with van der Waals surface area (Å²) < 4.78 is 8.08. The molecule has 60 heavy (non-hydrogen) atoms. The van der Waals surface area contributed by atoms with Gasteiger partial charge in [0.15, 0.2) is 0 Å². The number of aryl methyl sites for hydroxylation is 1. The molecular formula is C45H58ClN9O4S. The molecule has 3 aromatic heterocycles. The lowest BCUT2D eigenvalue weighted by Gasteiger charge is -2.30. The molecule has 1 aromatic carbocycles. The molecule has 15 heteroatoms. The molecule has 13 nitrogen and oxygen atoms in total. The maximum atomic E-state index is 13.0. The number of anilines is 1. The van der Waals surface area contributed by atoms with E-state index in [1.165, 1.54) is 67.5 Å². The first-order valence-corrected chi connectivity index (χ1v) is 23.1. The van der Waals surface area contributed by atoms with Gasteiger partial charge in [-0.15, -0.1) is 11.3 Å². The number of hydrogen-bond donors (Lipinski definition) is 3. The highest BCUT2D eigenvalue weighted by atomic mass is 35.5. The topological polar surface area (TPSA) is 147 Å². The number of unbranched alkanes of at least 4 members (excludes halogenated alkanes) is 4. The van der Waals surface area contributed by atoms with Gasteiger partial charge in [-0.2, -0.15) is 5.10 Å². The number of benzene rings is 1. The molecule has 4 aromatic rings. The van der Waals surface area contributed by atoms with Gasteiger partial charge in [-0.3, -0.25) is 24.4 Å². The summed E-state index contributed by atoms with van der Waals surface area (Å²) in [6, 6.07) is 8.59. The fourth-order valence-electron chi connectivity index (χ4n) is 8.85. The molecule has 0 radical (unpaired) electrons. The van der Waals surface area contributed by atoms with Gasteiger partial charge in [0, 0.05) is 65.7 Å². The molecule has 2 saturated carbocycles. The lowest BCUT2D eigenvalue weighted by molar-refractivity contribution is -0.136. The molecule has 4 aliphatic rings. The summed E-state index contributed by atoms with van der Waals surface area (Å²) >= 11 is 8.11. The number of carbonyl (C=O) groups excluding carboxylic acids is 3. The Kier molecular flexibility index (Phi) is 13.8. The number of fused-ring (bicyclic) bond motifs is 1. The highest BCUT2D eigenvalue weighted by Crippen LogP contribution is 2.38. The van der Waals surface area contributed by atoms with Crippen molar-refractivity contribution in [2.75, 3.05) is 25.5 Å². The second-order valence-corrected chi connectivity index (χ2v) is 18.6. The number of halogens is 1. The molecule has 3 N–H and O–H groups in total. The normalized spacial score (nSPS) is 20.5. The van der Waals surface area contributed by atoms with Gasteiger partial charge in [0.05, 0.1) is 28.7 Å². The van der Waals surface area contributed by atoms with E-state index >= 15 is 0 Å². The number of rotatable bonds is 20. The van der Waals surface area contributed by atoms with Gasteiger partial charge >= 0.3 is 0 Å². The van der Waals surface area contributed by atoms with Crippen LogP contribution in [0.3, 0.4) is 0 Å². The van der Waals surface area contributed by atoms with Gasteiger partial charge in [-0.25, -0.2) is 9.97 Å². The molecule has 0 bridgehead atoms. The quantitative estimate of drug-likeness (QED) is 0.0613. The van der Waals surface area contributed by atoms with E-state index in [-0.39, 0.29) is 18.2 Å². The van der Waals surface area contributed by atoms with Crippen LogP contribution in [0.2, 0.25) is 5.02 Å². The maximum Gasteiger partial charge on any atom is 0.256 e. The van der Waals surface area contributed by atoms with Crippen molar-refractivity contribution in [1.82, 2.24) is 40.2 Å². The van der Waals surface area contributed by atoms with Crippen molar-refractivity contribution in [3.05, 3.63) is 74.3 Å². The highest BCUT2D eigenvalue weighted by Gasteiger charge is 2.40. The first kappa shape index (κ1) is 42.3. The lowest BCUT2D eigenvalue weighted by Crippen LogP contribution is -2.52. The van der Waals surface area contributed by atoms with E-state index in [0.29, 0.717) is 48.2 Å². The number of hydrogen-bond acceptors (Lipinski definition) is 11. The third kappa shape index (κ3) is 10.6. The minimum absolute atomic E-state index is 0.151. The summed E-state index contributed by atoms with van der Waals surface area (Å²) in [6.07, 6.45) is 18.5. The largest absolute Gasteiger partial charge is 0.488 e. The van der Waals surface area contributed by atoms with E-state index in [0.717, 1.165) is 85.1 Å². The average molecular weight is 857 g/mol. The minimum Gasteiger partial charge on any atom is -0.488 e. The maximum absolute atomic E-state index is 13.0. The Hall–Kier alpha value is -4.37. The third-order valence-electron chi connectivity index (χ3n) is 12.6. The van der Waals surface area contributed by atoms with Crippen molar-refractivity contribution in [3.63, 3.8) is 0 Å². The Bertz CT molecular complexity index is 2130. The van der Waals surface area contributed by atoms with Crippen LogP contribution in [-0.4, -0.2) is 85.5 Å². The fourth-order valence-corrected chi connectivity index (χ4v) is 9.99. The standard InChI is InChI=1S/C45H58ClN9O4S/c1-53(25-30-10-16-33(17-11-30)59-27-40-35-26-55(44(58)36(35)28-60-40)38-18-19-41(56)51-43(38)57)21-7-5-3-4-6-20-47-31-12-14-32(15-13-31)50-45-48-24-37(46)42(52-45)34-23-49-54(2)39(34)22-29-8-9-29/h10-11,16-17,23-24,28-29,31-32,38,47H,3-9,12-15,18-22,25-27H2,1-2H3,(H,48,50,52)(H,51,56,57)/t31?,32?,38-/m0/s1. The van der Waals surface area contributed by atoms with E-state index in [1.807, 2.05) is 35.4 Å². The predicted molar refractivity (Wildman–Crippen MR) is 234 cm³/mol. The van der Waals surface area contributed by atoms with E-state index < -0.39 is 11.9 Å². The van der Waals surface area contributed by atoms with E-state index in [1.54, 1.807) is 11.1 Å². The van der Waals surface area contributed by atoms with Crippen LogP contribution in [0.25, 0.3) is 11.3 Å². The molecule has 3 fully saturated rings. The van der Waals surface area contributed by atoms with Crippen molar-refractivity contribution >= 4 is 46.6 Å². The number of carbonyl (C=O) groups is 3. The summed E-state index contributed by atoms with van der Waals surface area (Å²) in [5.41, 5.74) is 5.80. The molecular weight excluding hydrogens is 798 g/mol. The number of amides is 3. The van der Waals surface area contributed by atoms with Crippen LogP contribution in [0.15, 0.2) is 42.0 Å². The smallest absolute Gasteiger partial charge is 0.256 e. The van der Waals surface area contributed by atoms with Crippen molar-refractivity contribution in [2.45, 2.75) is 128 Å². The van der Waals surface area contributed by atoms with Crippen molar-refractivity contribution in [3.8, 4) is 17.0 Å². The van der Waals surface area contributed by atoms with E-state index in [2.05, 4.69) is 50.1 Å². The third-order valence-corrected chi connectivity index (χ3v) is 13.9. The lowest BCUT2D eigenvalue weighted by atomic mass is 9.91. The molecule has 5 heterocycles. The van der Waals surface area contributed by atoms with E-state index in [9.17, 15) is 14.4 Å². The van der Waals surface area contributed by atoms with Crippen LogP contribution in [0.1, 0.15) is 116 Å². The Morgan fingerprint density at radius 3 is 2.50 bits per heavy atom. The number of ether oxygens (including phenoxy) is 1. The van der Waals surface area contributed by atoms with Crippen LogP contribution < -0.4 is 20.7 Å². The summed E-state index contributed by atoms with van der Waals surface area (Å²) in [5.74, 6) is 1.36. The molecule has 2 aliphatic heterocycles. The predicted octanol–water partition coefficient (Wildman–Crippen LogP) is 7.28. The Morgan fingerprint density at radius 2 is 1.72 bits per heavy atom. The van der Waals surface area contributed by atoms with Gasteiger partial charge in [-0.1, -0.05) is 43.0 Å². The molecule has 3 amide bonds. The fraction of sp³-hybridized carbons (Fsp3) is 0.556. The SMILES string of the molecule is CN(CCCCCCCNC1CCC(Nc2ncc(Cl)c(-c3cnn(C)c3CC3CC3)n2)CC1)Cc1ccc(OCc2scc3c2CN([C@H]2CCC(=O)NC2=O)C3=O)cc1. The second kappa shape index (κ2) is 19.6. The van der Waals surface area contributed by atoms with Crippen LogP contribution in [-0.2, 0) is 42.8 Å². The number of aromatic nitrogens is 4. The number of thiophene rings is 1. The Morgan fingerprint density at radius 1 is 0.950 bits per heavy atom. The van der Waals surface area contributed by atoms with Gasteiger partial charge < -0.3 is 25.2 Å². The summed E-state index contributed by atoms with van der Waals surface area (Å²) in [4.78, 5) is 51.3. The highest BCUT2D eigenvalue weighted by molar-refractivity contribution is 7.10. The summed E-state index contributed by atoms with van der Waals surface area (Å²) in [5, 5.41) is 16.7. The molecule has 2 aliphatic carbocycles. The zero-order chi connectivity index (χ0) is 41.6. The molecule has 0 unspecified atom stereocenters. The monoisotopic (exact) mass is 855 g/mol. The summed E-state index contributed by atoms with van der Waals surface area (Å²) in [6.45, 7) is 3.77. The van der Waals surface area contributed by atoms with Crippen LogP contribution in [0.5, 0.6) is 5.75 Å². The van der Waals surface area contributed by atoms with Crippen molar-refractivity contribution in [1.29, 1.82) is 0 Å². The molecule has 1 atom stereocenters. The van der Waals surface area contributed by atoms with Crippen LogP contribution in [0.4, 0.5) is 5.95 Å². The van der Waals surface area contributed by atoms with Crippen LogP contribution >= 0.6 is 22.9 Å². The molecule has 1 saturated heterocycles. The number of nitrogens with one attached hydrogen (secondary N) is 3. The summed E-state index contributed by atoms with van der Waals surface area (Å²) in [7, 11) is 4.18. The number of piperidine rings is 1. The van der Waals surface area contributed by atoms with Gasteiger partial charge in [0.25, 0.3) is 5.91 Å². The van der Waals surface area contributed by atoms with E-state index in [4.69, 9.17) is 21.3 Å². The zero-order valence-electron chi connectivity index (χ0n) is 34.9. The van der Waals surface area contributed by atoms with Crippen molar-refractivity contribution in [2.24, 2.45) is 13.0 Å². The Balaban J connectivity index is 0.666. The second-order valence-electron chi connectivity index (χ2n) is 17.2. The van der Waals surface area contributed by atoms with Crippen LogP contribution in [0, 0.1) is 5.92 Å².